The molecule has 2 aromatic carbocycles. The smallest absolute Gasteiger partial charge is 0.416 e. The molecular formula is C26H24Cl2F3NO3. The number of carboxylic acid groups (broad SMARTS) is 1. The highest BCUT2D eigenvalue weighted by Gasteiger charge is 2.32. The number of hydrogen-bond donors (Lipinski definition) is 1. The van der Waals surface area contributed by atoms with Crippen molar-refractivity contribution >= 4 is 45.8 Å². The number of aryl methyl sites for hydroxylation is 1. The Morgan fingerprint density at radius 2 is 1.91 bits per heavy atom. The number of halogens is 5. The molecule has 2 heterocycles. The summed E-state index contributed by atoms with van der Waals surface area (Å²) in [6, 6.07) is 5.64. The van der Waals surface area contributed by atoms with E-state index in [1.807, 2.05) is 0 Å². The van der Waals surface area contributed by atoms with Gasteiger partial charge in [-0.2, -0.15) is 13.2 Å². The van der Waals surface area contributed by atoms with Crippen molar-refractivity contribution in [3.8, 4) is 0 Å². The average Bonchev–Trinajstić information content (AvgIpc) is 3.19. The van der Waals surface area contributed by atoms with Crippen LogP contribution in [0.4, 0.5) is 13.2 Å². The average molecular weight is 526 g/mol. The molecule has 0 spiro atoms. The van der Waals surface area contributed by atoms with Crippen molar-refractivity contribution in [2.75, 3.05) is 13.1 Å². The second-order valence-corrected chi connectivity index (χ2v) is 9.75. The maximum Gasteiger partial charge on any atom is 0.416 e. The van der Waals surface area contributed by atoms with E-state index in [9.17, 15) is 18.0 Å². The number of rotatable bonds is 6. The van der Waals surface area contributed by atoms with Crippen LogP contribution >= 0.6 is 23.2 Å². The topological polar surface area (TPSA) is 53.7 Å². The fraction of sp³-hybridized carbons (Fsp3) is 0.346. The van der Waals surface area contributed by atoms with Crippen LogP contribution in [0.15, 0.2) is 41.5 Å². The Hall–Kier alpha value is -2.64. The summed E-state index contributed by atoms with van der Waals surface area (Å²) >= 11 is 13.3. The predicted octanol–water partition coefficient (Wildman–Crippen LogP) is 7.82. The standard InChI is InChI=1S/C26H24Cl2F3NO3/c1-14-9-18(26(29,30)31)12-22-24(14)17(13-35-22)11-20-21(27)4-3-19(25(20)28)15(2)32-7-5-16(6-8-32)10-23(33)34/h3-4,9,12-13,16H,2,5-8,10-11H2,1H3,(H,33,34). The third-order valence-electron chi connectivity index (χ3n) is 6.60. The molecule has 4 nitrogen and oxygen atoms in total. The van der Waals surface area contributed by atoms with E-state index in [1.54, 1.807) is 19.1 Å². The zero-order valence-electron chi connectivity index (χ0n) is 19.0. The van der Waals surface area contributed by atoms with Gasteiger partial charge in [-0.25, -0.2) is 0 Å². The second-order valence-electron chi connectivity index (χ2n) is 8.96. The number of hydrogen-bond acceptors (Lipinski definition) is 3. The fourth-order valence-electron chi connectivity index (χ4n) is 4.74. The van der Waals surface area contributed by atoms with Gasteiger partial charge in [0.05, 0.1) is 16.8 Å². The van der Waals surface area contributed by atoms with Gasteiger partial charge in [-0.1, -0.05) is 29.8 Å². The Morgan fingerprint density at radius 1 is 1.23 bits per heavy atom. The van der Waals surface area contributed by atoms with E-state index in [0.717, 1.165) is 30.7 Å². The first kappa shape index (κ1) is 25.5. The van der Waals surface area contributed by atoms with Gasteiger partial charge in [-0.3, -0.25) is 4.79 Å². The van der Waals surface area contributed by atoms with Gasteiger partial charge in [-0.15, -0.1) is 0 Å². The first-order valence-electron chi connectivity index (χ1n) is 11.2. The molecule has 1 saturated heterocycles. The molecule has 3 aromatic rings. The molecule has 1 aliphatic rings. The number of carboxylic acids is 1. The monoisotopic (exact) mass is 525 g/mol. The Bertz CT molecular complexity index is 1290. The largest absolute Gasteiger partial charge is 0.481 e. The van der Waals surface area contributed by atoms with Crippen molar-refractivity contribution in [2.45, 2.75) is 38.8 Å². The highest BCUT2D eigenvalue weighted by molar-refractivity contribution is 6.37. The summed E-state index contributed by atoms with van der Waals surface area (Å²) in [5.74, 6) is -0.646. The Labute approximate surface area is 210 Å². The van der Waals surface area contributed by atoms with E-state index in [4.69, 9.17) is 32.7 Å². The number of aliphatic carboxylic acids is 1. The Kier molecular flexibility index (Phi) is 7.11. The SMILES string of the molecule is C=C(c1ccc(Cl)c(Cc2coc3cc(C(F)(F)F)cc(C)c23)c1Cl)N1CCC(CC(=O)O)CC1. The van der Waals surface area contributed by atoms with E-state index in [-0.39, 0.29) is 24.3 Å². The number of nitrogens with zero attached hydrogens (tertiary/aromatic N) is 1. The lowest BCUT2D eigenvalue weighted by atomic mass is 9.92. The van der Waals surface area contributed by atoms with Gasteiger partial charge in [0, 0.05) is 53.2 Å². The van der Waals surface area contributed by atoms with Crippen LogP contribution in [0.5, 0.6) is 0 Å². The molecule has 0 bridgehead atoms. The molecular weight excluding hydrogens is 502 g/mol. The highest BCUT2D eigenvalue weighted by atomic mass is 35.5. The van der Waals surface area contributed by atoms with E-state index in [0.29, 0.717) is 50.8 Å². The van der Waals surface area contributed by atoms with E-state index in [2.05, 4.69) is 11.5 Å². The van der Waals surface area contributed by atoms with Crippen LogP contribution in [0.25, 0.3) is 16.7 Å². The van der Waals surface area contributed by atoms with Gasteiger partial charge in [0.1, 0.15) is 5.58 Å². The van der Waals surface area contributed by atoms with Crippen molar-refractivity contribution in [2.24, 2.45) is 5.92 Å². The molecule has 0 amide bonds. The van der Waals surface area contributed by atoms with Gasteiger partial charge in [-0.05, 0) is 61.1 Å². The molecule has 0 unspecified atom stereocenters. The molecule has 35 heavy (non-hydrogen) atoms. The second kappa shape index (κ2) is 9.78. The van der Waals surface area contributed by atoms with Crippen molar-refractivity contribution in [3.05, 3.63) is 75.0 Å². The Balaban J connectivity index is 1.60. The van der Waals surface area contributed by atoms with E-state index >= 15 is 0 Å². The molecule has 0 atom stereocenters. The third-order valence-corrected chi connectivity index (χ3v) is 7.39. The number of piperidine rings is 1. The first-order valence-corrected chi connectivity index (χ1v) is 11.9. The van der Waals surface area contributed by atoms with Crippen LogP contribution in [0.2, 0.25) is 10.0 Å². The molecule has 0 aliphatic carbocycles. The lowest BCUT2D eigenvalue weighted by Gasteiger charge is -2.34. The van der Waals surface area contributed by atoms with Crippen LogP contribution < -0.4 is 0 Å². The molecule has 1 aromatic heterocycles. The van der Waals surface area contributed by atoms with Crippen LogP contribution in [0.3, 0.4) is 0 Å². The summed E-state index contributed by atoms with van der Waals surface area (Å²) in [5, 5.41) is 10.5. The number of fused-ring (bicyclic) bond motifs is 1. The number of furan rings is 1. The van der Waals surface area contributed by atoms with Crippen LogP contribution in [-0.4, -0.2) is 29.1 Å². The molecule has 1 N–H and O–H groups in total. The van der Waals surface area contributed by atoms with Crippen molar-refractivity contribution < 1.29 is 27.5 Å². The van der Waals surface area contributed by atoms with Crippen LogP contribution in [0, 0.1) is 12.8 Å². The normalized spacial score (nSPS) is 15.1. The number of carbonyl (C=O) groups is 1. The van der Waals surface area contributed by atoms with E-state index < -0.39 is 17.7 Å². The van der Waals surface area contributed by atoms with Gasteiger partial charge < -0.3 is 14.4 Å². The summed E-state index contributed by atoms with van der Waals surface area (Å²) in [7, 11) is 0. The van der Waals surface area contributed by atoms with Crippen LogP contribution in [-0.2, 0) is 17.4 Å². The molecule has 186 valence electrons. The number of benzene rings is 2. The van der Waals surface area contributed by atoms with Gasteiger partial charge in [0.2, 0.25) is 0 Å². The molecule has 4 rings (SSSR count). The maximum absolute atomic E-state index is 13.2. The quantitative estimate of drug-likeness (QED) is 0.356. The number of likely N-dealkylation sites (tertiary alicyclic amines) is 1. The molecule has 0 saturated carbocycles. The summed E-state index contributed by atoms with van der Waals surface area (Å²) in [6.07, 6.45) is -1.07. The number of alkyl halides is 3. The maximum atomic E-state index is 13.2. The molecule has 0 radical (unpaired) electrons. The fourth-order valence-corrected chi connectivity index (χ4v) is 5.36. The lowest BCUT2D eigenvalue weighted by molar-refractivity contribution is -0.139. The minimum atomic E-state index is -4.46. The third kappa shape index (κ3) is 5.31. The van der Waals surface area contributed by atoms with Crippen molar-refractivity contribution in [1.29, 1.82) is 0 Å². The highest BCUT2D eigenvalue weighted by Crippen LogP contribution is 2.39. The summed E-state index contributed by atoms with van der Waals surface area (Å²) in [4.78, 5) is 13.1. The lowest BCUT2D eigenvalue weighted by Crippen LogP contribution is -2.33. The van der Waals surface area contributed by atoms with Crippen molar-refractivity contribution in [1.82, 2.24) is 4.90 Å². The van der Waals surface area contributed by atoms with Gasteiger partial charge in [0.15, 0.2) is 0 Å². The van der Waals surface area contributed by atoms with Gasteiger partial charge in [0.25, 0.3) is 0 Å². The molecule has 9 heteroatoms. The predicted molar refractivity (Wildman–Crippen MR) is 131 cm³/mol. The Morgan fingerprint density at radius 3 is 2.54 bits per heavy atom. The first-order chi connectivity index (χ1) is 16.5. The van der Waals surface area contributed by atoms with Crippen LogP contribution in [0.1, 0.15) is 47.1 Å². The summed E-state index contributed by atoms with van der Waals surface area (Å²) < 4.78 is 45.0. The minimum absolute atomic E-state index is 0.142. The van der Waals surface area contributed by atoms with Crippen molar-refractivity contribution in [3.63, 3.8) is 0 Å². The molecule has 1 fully saturated rings. The molecule has 1 aliphatic heterocycles. The summed E-state index contributed by atoms with van der Waals surface area (Å²) in [6.45, 7) is 7.19. The van der Waals surface area contributed by atoms with E-state index in [1.165, 1.54) is 6.26 Å². The zero-order valence-corrected chi connectivity index (χ0v) is 20.5. The van der Waals surface area contributed by atoms with Gasteiger partial charge >= 0.3 is 12.1 Å². The minimum Gasteiger partial charge on any atom is -0.481 e. The zero-order chi connectivity index (χ0) is 25.5. The summed E-state index contributed by atoms with van der Waals surface area (Å²) in [5.41, 5.74) is 2.61.